The standard InChI is InChI=1S/C41H39N3/c1-4-6-11-30(5-2)35-21-37(26-40(25-35)41-16-10-19-44-29(41)3)32-13-7-12-31(20-32)36-22-38(33-14-8-17-42-27-33)24-39(23-36)34-15-9-18-43-28-34/h5,7-24,26-29,35,41H,2,4,6,25H2,1,3H3/b30-11+. The zero-order valence-electron chi connectivity index (χ0n) is 25.6. The third-order valence-electron chi connectivity index (χ3n) is 8.64. The maximum absolute atomic E-state index is 4.73. The molecule has 3 heteroatoms. The highest BCUT2D eigenvalue weighted by Gasteiger charge is 2.26. The minimum atomic E-state index is 0.227. The van der Waals surface area contributed by atoms with Gasteiger partial charge in [-0.25, -0.2) is 0 Å². The maximum Gasteiger partial charge on any atom is 0.0571 e. The summed E-state index contributed by atoms with van der Waals surface area (Å²) in [5.41, 5.74) is 12.0. The first kappa shape index (κ1) is 29.2. The van der Waals surface area contributed by atoms with Gasteiger partial charge in [0, 0.05) is 54.0 Å². The quantitative estimate of drug-likeness (QED) is 0.187. The number of benzene rings is 2. The van der Waals surface area contributed by atoms with Crippen molar-refractivity contribution in [3.63, 3.8) is 0 Å². The van der Waals surface area contributed by atoms with Crippen LogP contribution in [0.15, 0.2) is 151 Å². The van der Waals surface area contributed by atoms with Crippen molar-refractivity contribution in [2.24, 2.45) is 16.8 Å². The molecule has 2 aromatic heterocycles. The van der Waals surface area contributed by atoms with E-state index in [2.05, 4.69) is 121 Å². The number of nitrogens with zero attached hydrogens (tertiary/aromatic N) is 3. The molecule has 3 heterocycles. The molecule has 0 bridgehead atoms. The van der Waals surface area contributed by atoms with Crippen LogP contribution in [-0.2, 0) is 0 Å². The number of hydrogen-bond donors (Lipinski definition) is 0. The lowest BCUT2D eigenvalue weighted by atomic mass is 9.76. The first-order valence-electron chi connectivity index (χ1n) is 15.6. The molecule has 2 aromatic carbocycles. The highest BCUT2D eigenvalue weighted by molar-refractivity contribution is 5.84. The fourth-order valence-corrected chi connectivity index (χ4v) is 6.27. The predicted molar refractivity (Wildman–Crippen MR) is 186 cm³/mol. The Labute approximate surface area is 261 Å². The number of pyridine rings is 2. The van der Waals surface area contributed by atoms with Gasteiger partial charge in [-0.15, -0.1) is 0 Å². The first-order valence-corrected chi connectivity index (χ1v) is 15.6. The second-order valence-corrected chi connectivity index (χ2v) is 11.7. The lowest BCUT2D eigenvalue weighted by Gasteiger charge is -2.30. The Morgan fingerprint density at radius 3 is 2.09 bits per heavy atom. The van der Waals surface area contributed by atoms with Crippen molar-refractivity contribution in [3.05, 3.63) is 151 Å². The molecule has 1 aliphatic carbocycles. The minimum absolute atomic E-state index is 0.227. The summed E-state index contributed by atoms with van der Waals surface area (Å²) in [4.78, 5) is 13.5. The van der Waals surface area contributed by atoms with Crippen molar-refractivity contribution in [3.8, 4) is 33.4 Å². The molecule has 0 saturated carbocycles. The summed E-state index contributed by atoms with van der Waals surface area (Å²) < 4.78 is 0. The lowest BCUT2D eigenvalue weighted by Crippen LogP contribution is -2.21. The van der Waals surface area contributed by atoms with Gasteiger partial charge in [0.25, 0.3) is 0 Å². The van der Waals surface area contributed by atoms with Gasteiger partial charge in [-0.05, 0) is 101 Å². The van der Waals surface area contributed by atoms with Gasteiger partial charge < -0.3 is 0 Å². The molecule has 3 nitrogen and oxygen atoms in total. The van der Waals surface area contributed by atoms with E-state index in [9.17, 15) is 0 Å². The van der Waals surface area contributed by atoms with E-state index in [1.807, 2.05) is 43.1 Å². The Bertz CT molecular complexity index is 1720. The van der Waals surface area contributed by atoms with Crippen molar-refractivity contribution in [1.29, 1.82) is 0 Å². The van der Waals surface area contributed by atoms with Crippen molar-refractivity contribution >= 4 is 11.8 Å². The Hall–Kier alpha value is -4.89. The number of aliphatic imine (C=N–C) groups is 1. The molecule has 0 spiro atoms. The summed E-state index contributed by atoms with van der Waals surface area (Å²) >= 11 is 0. The fourth-order valence-electron chi connectivity index (χ4n) is 6.27. The zero-order valence-corrected chi connectivity index (χ0v) is 25.6. The molecule has 0 fully saturated rings. The van der Waals surface area contributed by atoms with Gasteiger partial charge >= 0.3 is 0 Å². The van der Waals surface area contributed by atoms with Gasteiger partial charge in [0.05, 0.1) is 6.04 Å². The number of hydrogen-bond acceptors (Lipinski definition) is 3. The number of aromatic nitrogens is 2. The summed E-state index contributed by atoms with van der Waals surface area (Å²) in [6.45, 7) is 8.64. The first-order chi connectivity index (χ1) is 21.6. The van der Waals surface area contributed by atoms with E-state index in [0.29, 0.717) is 5.92 Å². The molecule has 6 rings (SSSR count). The summed E-state index contributed by atoms with van der Waals surface area (Å²) in [5.74, 6) is 0.583. The van der Waals surface area contributed by atoms with E-state index < -0.39 is 0 Å². The van der Waals surface area contributed by atoms with Crippen molar-refractivity contribution < 1.29 is 0 Å². The molecule has 0 N–H and O–H groups in total. The van der Waals surface area contributed by atoms with E-state index in [1.54, 1.807) is 0 Å². The molecule has 0 amide bonds. The highest BCUT2D eigenvalue weighted by Crippen LogP contribution is 2.40. The van der Waals surface area contributed by atoms with Crippen molar-refractivity contribution in [2.45, 2.75) is 39.2 Å². The fraction of sp³-hybridized carbons (Fsp3) is 0.195. The number of dihydropyridines is 1. The number of unbranched alkanes of at least 4 members (excludes halogenated alkanes) is 1. The Balaban J connectivity index is 1.44. The van der Waals surface area contributed by atoms with Crippen LogP contribution >= 0.6 is 0 Å². The second-order valence-electron chi connectivity index (χ2n) is 11.7. The van der Waals surface area contributed by atoms with Crippen LogP contribution in [0, 0.1) is 11.8 Å². The largest absolute Gasteiger partial charge is 0.289 e. The van der Waals surface area contributed by atoms with E-state index >= 15 is 0 Å². The van der Waals surface area contributed by atoms with Crippen LogP contribution in [0.25, 0.3) is 39.0 Å². The number of allylic oxidation sites excluding steroid dienone is 7. The van der Waals surface area contributed by atoms with Crippen LogP contribution in [0.3, 0.4) is 0 Å². The SMILES string of the molecule is C=C/C(=C\CCC)C1C=C(c2cccc(-c3cc(-c4cccnc4)cc(-c4cccnc4)c3)c2)C=C(C2C=CC=NC2C)C1. The molecule has 2 aliphatic rings. The van der Waals surface area contributed by atoms with Crippen molar-refractivity contribution in [1.82, 2.24) is 9.97 Å². The molecule has 0 saturated heterocycles. The predicted octanol–water partition coefficient (Wildman–Crippen LogP) is 10.4. The molecule has 3 unspecified atom stereocenters. The molecule has 3 atom stereocenters. The normalized spacial score (nSPS) is 19.8. The average molecular weight is 574 g/mol. The van der Waals surface area contributed by atoms with Gasteiger partial charge in [-0.3, -0.25) is 15.0 Å². The van der Waals surface area contributed by atoms with E-state index in [1.165, 1.54) is 27.8 Å². The monoisotopic (exact) mass is 573 g/mol. The van der Waals surface area contributed by atoms with Crippen molar-refractivity contribution in [2.75, 3.05) is 0 Å². The Morgan fingerprint density at radius 2 is 1.48 bits per heavy atom. The topological polar surface area (TPSA) is 38.1 Å². The third kappa shape index (κ3) is 6.53. The van der Waals surface area contributed by atoms with Crippen LogP contribution < -0.4 is 0 Å². The second kappa shape index (κ2) is 13.6. The Kier molecular flexibility index (Phi) is 9.03. The molecule has 218 valence electrons. The minimum Gasteiger partial charge on any atom is -0.289 e. The summed E-state index contributed by atoms with van der Waals surface area (Å²) in [6, 6.07) is 24.2. The van der Waals surface area contributed by atoms with Crippen LogP contribution in [0.4, 0.5) is 0 Å². The summed E-state index contributed by atoms with van der Waals surface area (Å²) in [7, 11) is 0. The molecular formula is C41H39N3. The molecular weight excluding hydrogens is 534 g/mol. The smallest absolute Gasteiger partial charge is 0.0571 e. The molecule has 44 heavy (non-hydrogen) atoms. The zero-order chi connectivity index (χ0) is 30.3. The molecule has 1 aliphatic heterocycles. The van der Waals surface area contributed by atoms with Gasteiger partial charge in [0.2, 0.25) is 0 Å². The van der Waals surface area contributed by atoms with Crippen LogP contribution in [-0.4, -0.2) is 22.2 Å². The average Bonchev–Trinajstić information content (AvgIpc) is 3.09. The van der Waals surface area contributed by atoms with Crippen LogP contribution in [0.1, 0.15) is 38.7 Å². The van der Waals surface area contributed by atoms with Crippen LogP contribution in [0.5, 0.6) is 0 Å². The Morgan fingerprint density at radius 1 is 0.841 bits per heavy atom. The van der Waals surface area contributed by atoms with E-state index in [4.69, 9.17) is 4.99 Å². The van der Waals surface area contributed by atoms with E-state index in [0.717, 1.165) is 47.1 Å². The third-order valence-corrected chi connectivity index (χ3v) is 8.64. The highest BCUT2D eigenvalue weighted by atomic mass is 14.8. The van der Waals surface area contributed by atoms with E-state index in [-0.39, 0.29) is 12.0 Å². The summed E-state index contributed by atoms with van der Waals surface area (Å²) in [6.07, 6.45) is 26.3. The number of rotatable bonds is 9. The van der Waals surface area contributed by atoms with Gasteiger partial charge in [0.1, 0.15) is 0 Å². The molecule has 4 aromatic rings. The maximum atomic E-state index is 4.73. The molecule has 0 radical (unpaired) electrons. The summed E-state index contributed by atoms with van der Waals surface area (Å²) in [5, 5.41) is 0. The van der Waals surface area contributed by atoms with Crippen LogP contribution in [0.2, 0.25) is 0 Å². The van der Waals surface area contributed by atoms with Gasteiger partial charge in [0.15, 0.2) is 0 Å². The lowest BCUT2D eigenvalue weighted by molar-refractivity contribution is 0.562. The van der Waals surface area contributed by atoms with Gasteiger partial charge in [-0.1, -0.05) is 86.2 Å². The van der Waals surface area contributed by atoms with Gasteiger partial charge in [-0.2, -0.15) is 0 Å².